The fourth-order valence-corrected chi connectivity index (χ4v) is 2.21. The summed E-state index contributed by atoms with van der Waals surface area (Å²) < 4.78 is 43.0. The van der Waals surface area contributed by atoms with Gasteiger partial charge in [-0.2, -0.15) is 13.2 Å². The van der Waals surface area contributed by atoms with Crippen molar-refractivity contribution in [1.82, 2.24) is 0 Å². The Morgan fingerprint density at radius 3 is 2.63 bits per heavy atom. The number of rotatable bonds is 2. The molecule has 0 amide bonds. The number of ether oxygens (including phenoxy) is 1. The highest BCUT2D eigenvalue weighted by Gasteiger charge is 2.32. The van der Waals surface area contributed by atoms with E-state index in [2.05, 4.69) is 5.32 Å². The average Bonchev–Trinajstić information content (AvgIpc) is 2.31. The van der Waals surface area contributed by atoms with Gasteiger partial charge in [-0.15, -0.1) is 0 Å². The molecule has 1 aromatic carbocycles. The minimum absolute atomic E-state index is 0.0987. The van der Waals surface area contributed by atoms with Gasteiger partial charge < -0.3 is 15.8 Å². The van der Waals surface area contributed by atoms with Gasteiger partial charge in [0.05, 0.1) is 29.1 Å². The van der Waals surface area contributed by atoms with E-state index in [1.54, 1.807) is 0 Å². The number of hydrogen-bond donors (Lipinski definition) is 2. The lowest BCUT2D eigenvalue weighted by atomic mass is 9.94. The van der Waals surface area contributed by atoms with Crippen molar-refractivity contribution >= 4 is 11.4 Å². The van der Waals surface area contributed by atoms with Crippen LogP contribution in [0.4, 0.5) is 24.5 Å². The smallest absolute Gasteiger partial charge is 0.397 e. The Balaban J connectivity index is 2.17. The van der Waals surface area contributed by atoms with Gasteiger partial charge in [-0.25, -0.2) is 0 Å². The summed E-state index contributed by atoms with van der Waals surface area (Å²) in [5.74, 6) is 0. The standard InChI is InChI=1S/C13H17F3N2O/c1-12(5-2-6-19-8-12)18-11-4-3-9(7-10(11)17)13(14,15)16/h3-4,7,18H,2,5-6,8,17H2,1H3. The Morgan fingerprint density at radius 1 is 1.37 bits per heavy atom. The third-order valence-electron chi connectivity index (χ3n) is 3.25. The van der Waals surface area contributed by atoms with Gasteiger partial charge in [0.1, 0.15) is 0 Å². The molecule has 0 bridgehead atoms. The van der Waals surface area contributed by atoms with Crippen molar-refractivity contribution in [1.29, 1.82) is 0 Å². The van der Waals surface area contributed by atoms with Crippen molar-refractivity contribution in [2.45, 2.75) is 31.5 Å². The largest absolute Gasteiger partial charge is 0.416 e. The highest BCUT2D eigenvalue weighted by Crippen LogP contribution is 2.34. The molecule has 2 rings (SSSR count). The van der Waals surface area contributed by atoms with Crippen LogP contribution in [0.1, 0.15) is 25.3 Å². The van der Waals surface area contributed by atoms with E-state index in [4.69, 9.17) is 10.5 Å². The molecule has 0 radical (unpaired) electrons. The van der Waals surface area contributed by atoms with Gasteiger partial charge in [-0.05, 0) is 38.0 Å². The van der Waals surface area contributed by atoms with Crippen LogP contribution in [0.5, 0.6) is 0 Å². The van der Waals surface area contributed by atoms with E-state index in [0.29, 0.717) is 12.3 Å². The van der Waals surface area contributed by atoms with Crippen LogP contribution in [0.15, 0.2) is 18.2 Å². The van der Waals surface area contributed by atoms with Gasteiger partial charge in [-0.1, -0.05) is 0 Å². The Bertz CT molecular complexity index is 454. The molecule has 6 heteroatoms. The molecule has 1 heterocycles. The summed E-state index contributed by atoms with van der Waals surface area (Å²) in [6.07, 6.45) is -2.55. The van der Waals surface area contributed by atoms with Gasteiger partial charge in [0.2, 0.25) is 0 Å². The first-order valence-electron chi connectivity index (χ1n) is 6.13. The first-order valence-corrected chi connectivity index (χ1v) is 6.13. The molecule has 1 aromatic rings. The van der Waals surface area contributed by atoms with Gasteiger partial charge in [0, 0.05) is 6.61 Å². The first kappa shape index (κ1) is 14.0. The summed E-state index contributed by atoms with van der Waals surface area (Å²) in [4.78, 5) is 0. The molecular weight excluding hydrogens is 257 g/mol. The van der Waals surface area contributed by atoms with Crippen LogP contribution >= 0.6 is 0 Å². The monoisotopic (exact) mass is 274 g/mol. The molecular formula is C13H17F3N2O. The molecule has 19 heavy (non-hydrogen) atoms. The summed E-state index contributed by atoms with van der Waals surface area (Å²) in [6.45, 7) is 3.22. The number of nitrogen functional groups attached to an aromatic ring is 1. The van der Waals surface area contributed by atoms with E-state index < -0.39 is 11.7 Å². The molecule has 3 nitrogen and oxygen atoms in total. The molecule has 1 saturated heterocycles. The quantitative estimate of drug-likeness (QED) is 0.814. The second kappa shape index (κ2) is 4.92. The zero-order valence-electron chi connectivity index (χ0n) is 10.7. The first-order chi connectivity index (χ1) is 8.80. The molecule has 1 aliphatic heterocycles. The minimum Gasteiger partial charge on any atom is -0.397 e. The van der Waals surface area contributed by atoms with Crippen LogP contribution in [0.3, 0.4) is 0 Å². The van der Waals surface area contributed by atoms with Crippen molar-refractivity contribution in [2.24, 2.45) is 0 Å². The Hall–Kier alpha value is -1.43. The maximum atomic E-state index is 12.5. The van der Waals surface area contributed by atoms with E-state index in [1.807, 2.05) is 6.92 Å². The maximum absolute atomic E-state index is 12.5. The van der Waals surface area contributed by atoms with E-state index in [0.717, 1.165) is 31.6 Å². The van der Waals surface area contributed by atoms with Crippen molar-refractivity contribution < 1.29 is 17.9 Å². The van der Waals surface area contributed by atoms with Crippen molar-refractivity contribution in [3.8, 4) is 0 Å². The summed E-state index contributed by atoms with van der Waals surface area (Å²) in [5, 5.41) is 3.19. The number of hydrogen-bond acceptors (Lipinski definition) is 3. The number of benzene rings is 1. The molecule has 0 aliphatic carbocycles. The SMILES string of the molecule is CC1(Nc2ccc(C(F)(F)F)cc2N)CCCOC1. The highest BCUT2D eigenvalue weighted by atomic mass is 19.4. The fourth-order valence-electron chi connectivity index (χ4n) is 2.21. The van der Waals surface area contributed by atoms with Crippen LogP contribution in [-0.4, -0.2) is 18.8 Å². The molecule has 106 valence electrons. The zero-order valence-corrected chi connectivity index (χ0v) is 10.7. The third kappa shape index (κ3) is 3.32. The lowest BCUT2D eigenvalue weighted by molar-refractivity contribution is -0.137. The third-order valence-corrected chi connectivity index (χ3v) is 3.25. The molecule has 0 aromatic heterocycles. The normalized spacial score (nSPS) is 24.2. The van der Waals surface area contributed by atoms with Crippen LogP contribution in [0, 0.1) is 0 Å². The fraction of sp³-hybridized carbons (Fsp3) is 0.538. The lowest BCUT2D eigenvalue weighted by Crippen LogP contribution is -2.43. The number of anilines is 2. The van der Waals surface area contributed by atoms with Crippen molar-refractivity contribution in [3.63, 3.8) is 0 Å². The maximum Gasteiger partial charge on any atom is 0.416 e. The zero-order chi connectivity index (χ0) is 14.1. The van der Waals surface area contributed by atoms with Crippen LogP contribution in [0.25, 0.3) is 0 Å². The summed E-state index contributed by atoms with van der Waals surface area (Å²) in [5.41, 5.74) is 5.28. The Kier molecular flexibility index (Phi) is 3.62. The van der Waals surface area contributed by atoms with Gasteiger partial charge >= 0.3 is 6.18 Å². The predicted octanol–water partition coefficient (Wildman–Crippen LogP) is 3.27. The van der Waals surface area contributed by atoms with E-state index in [9.17, 15) is 13.2 Å². The lowest BCUT2D eigenvalue weighted by Gasteiger charge is -2.35. The number of nitrogens with one attached hydrogen (secondary N) is 1. The number of halogens is 3. The van der Waals surface area contributed by atoms with E-state index >= 15 is 0 Å². The summed E-state index contributed by atoms with van der Waals surface area (Å²) in [7, 11) is 0. The van der Waals surface area contributed by atoms with Crippen LogP contribution in [-0.2, 0) is 10.9 Å². The van der Waals surface area contributed by atoms with Crippen LogP contribution in [0.2, 0.25) is 0 Å². The number of nitrogens with two attached hydrogens (primary N) is 1. The summed E-state index contributed by atoms with van der Waals surface area (Å²) in [6, 6.07) is 3.36. The number of alkyl halides is 3. The highest BCUT2D eigenvalue weighted by molar-refractivity contribution is 5.68. The van der Waals surface area contributed by atoms with Gasteiger partial charge in [0.25, 0.3) is 0 Å². The average molecular weight is 274 g/mol. The molecule has 0 saturated carbocycles. The molecule has 1 fully saturated rings. The molecule has 3 N–H and O–H groups in total. The Labute approximate surface area is 109 Å². The van der Waals surface area contributed by atoms with E-state index in [-0.39, 0.29) is 11.2 Å². The topological polar surface area (TPSA) is 47.3 Å². The molecule has 1 aliphatic rings. The van der Waals surface area contributed by atoms with Crippen molar-refractivity contribution in [3.05, 3.63) is 23.8 Å². The molecule has 1 atom stereocenters. The molecule has 0 spiro atoms. The van der Waals surface area contributed by atoms with Gasteiger partial charge in [-0.3, -0.25) is 0 Å². The second-order valence-corrected chi connectivity index (χ2v) is 5.14. The predicted molar refractivity (Wildman–Crippen MR) is 67.9 cm³/mol. The van der Waals surface area contributed by atoms with Gasteiger partial charge in [0.15, 0.2) is 0 Å². The van der Waals surface area contributed by atoms with Crippen LogP contribution < -0.4 is 11.1 Å². The van der Waals surface area contributed by atoms with E-state index in [1.165, 1.54) is 6.07 Å². The van der Waals surface area contributed by atoms with Crippen molar-refractivity contribution in [2.75, 3.05) is 24.3 Å². The Morgan fingerprint density at radius 2 is 2.11 bits per heavy atom. The second-order valence-electron chi connectivity index (χ2n) is 5.14. The minimum atomic E-state index is -4.37. The molecule has 1 unspecified atom stereocenters. The summed E-state index contributed by atoms with van der Waals surface area (Å²) >= 11 is 0.